The smallest absolute Gasteiger partial charge is 0.277 e. The Kier molecular flexibility index (Phi) is 7.63. The van der Waals surface area contributed by atoms with Crippen LogP contribution >= 0.6 is 15.9 Å². The number of ether oxygens (including phenoxy) is 2. The Labute approximate surface area is 184 Å². The van der Waals surface area contributed by atoms with E-state index in [1.165, 1.54) is 0 Å². The van der Waals surface area contributed by atoms with Gasteiger partial charge in [-0.3, -0.25) is 4.79 Å². The molecule has 30 heavy (non-hydrogen) atoms. The van der Waals surface area contributed by atoms with Crippen molar-refractivity contribution < 1.29 is 14.3 Å². The third-order valence-corrected chi connectivity index (χ3v) is 5.09. The zero-order chi connectivity index (χ0) is 21.3. The highest BCUT2D eigenvalue weighted by atomic mass is 79.9. The normalized spacial score (nSPS) is 11.1. The van der Waals surface area contributed by atoms with Crippen LogP contribution in [0.3, 0.4) is 0 Å². The van der Waals surface area contributed by atoms with Crippen molar-refractivity contribution in [2.24, 2.45) is 5.10 Å². The number of nitrogens with one attached hydrogen (secondary N) is 1. The summed E-state index contributed by atoms with van der Waals surface area (Å²) in [5.41, 5.74) is 6.64. The minimum atomic E-state index is -0.329. The van der Waals surface area contributed by atoms with Crippen molar-refractivity contribution in [3.8, 4) is 22.6 Å². The largest absolute Gasteiger partial charge is 0.497 e. The van der Waals surface area contributed by atoms with Gasteiger partial charge in [-0.25, -0.2) is 5.43 Å². The molecule has 0 fully saturated rings. The third-order valence-electron chi connectivity index (χ3n) is 4.47. The molecule has 0 heterocycles. The molecule has 3 aromatic rings. The quantitative estimate of drug-likeness (QED) is 0.355. The van der Waals surface area contributed by atoms with Crippen LogP contribution in [0.4, 0.5) is 0 Å². The van der Waals surface area contributed by atoms with Gasteiger partial charge in [-0.2, -0.15) is 5.10 Å². The van der Waals surface area contributed by atoms with Crippen molar-refractivity contribution in [1.29, 1.82) is 0 Å². The van der Waals surface area contributed by atoms with Gasteiger partial charge >= 0.3 is 0 Å². The first-order valence-electron chi connectivity index (χ1n) is 9.58. The molecular formula is C24H23BrN2O3. The predicted octanol–water partition coefficient (Wildman–Crippen LogP) is 5.43. The highest BCUT2D eigenvalue weighted by Crippen LogP contribution is 2.29. The van der Waals surface area contributed by atoms with Crippen LogP contribution < -0.4 is 14.9 Å². The van der Waals surface area contributed by atoms with E-state index in [1.54, 1.807) is 25.3 Å². The number of hydrogen-bond donors (Lipinski definition) is 1. The minimum Gasteiger partial charge on any atom is -0.497 e. The van der Waals surface area contributed by atoms with E-state index in [-0.39, 0.29) is 12.5 Å². The number of nitrogens with zero attached hydrogens (tertiary/aromatic N) is 1. The lowest BCUT2D eigenvalue weighted by molar-refractivity contribution is -0.123. The molecule has 0 spiro atoms. The van der Waals surface area contributed by atoms with Crippen LogP contribution in [-0.2, 0) is 4.79 Å². The number of methoxy groups -OCH3 is 1. The van der Waals surface area contributed by atoms with E-state index >= 15 is 0 Å². The van der Waals surface area contributed by atoms with Gasteiger partial charge in [0.25, 0.3) is 5.91 Å². The van der Waals surface area contributed by atoms with Crippen LogP contribution in [0.2, 0.25) is 0 Å². The summed E-state index contributed by atoms with van der Waals surface area (Å²) in [5.74, 6) is 0.931. The zero-order valence-corrected chi connectivity index (χ0v) is 18.5. The minimum absolute atomic E-state index is 0.141. The second kappa shape index (κ2) is 10.6. The highest BCUT2D eigenvalue weighted by molar-refractivity contribution is 9.10. The first-order valence-corrected chi connectivity index (χ1v) is 10.4. The lowest BCUT2D eigenvalue weighted by atomic mass is 10.0. The molecule has 0 atom stereocenters. The fourth-order valence-corrected chi connectivity index (χ4v) is 3.34. The molecule has 0 saturated carbocycles. The van der Waals surface area contributed by atoms with Gasteiger partial charge in [0, 0.05) is 0 Å². The molecule has 0 aliphatic heterocycles. The maximum absolute atomic E-state index is 12.2. The van der Waals surface area contributed by atoms with E-state index in [0.29, 0.717) is 22.4 Å². The number of hydrazone groups is 1. The second-order valence-corrected chi connectivity index (χ2v) is 7.33. The number of halogens is 1. The Balaban J connectivity index is 1.60. The zero-order valence-electron chi connectivity index (χ0n) is 16.9. The predicted molar refractivity (Wildman–Crippen MR) is 123 cm³/mol. The van der Waals surface area contributed by atoms with Crippen molar-refractivity contribution in [3.63, 3.8) is 0 Å². The Morgan fingerprint density at radius 3 is 2.33 bits per heavy atom. The average Bonchev–Trinajstić information content (AvgIpc) is 2.79. The molecule has 0 saturated heterocycles. The summed E-state index contributed by atoms with van der Waals surface area (Å²) < 4.78 is 11.4. The molecule has 0 aliphatic rings. The van der Waals surface area contributed by atoms with Crippen LogP contribution in [0.5, 0.6) is 11.5 Å². The molecule has 0 bridgehead atoms. The maximum atomic E-state index is 12.2. The monoisotopic (exact) mass is 466 g/mol. The van der Waals surface area contributed by atoms with E-state index in [2.05, 4.69) is 50.7 Å². The molecule has 0 unspecified atom stereocenters. The summed E-state index contributed by atoms with van der Waals surface area (Å²) in [6.45, 7) is 1.86. The summed E-state index contributed by atoms with van der Waals surface area (Å²) in [6.07, 6.45) is 0.690. The number of carbonyl (C=O) groups excluding carboxylic acids is 1. The number of rotatable bonds is 8. The van der Waals surface area contributed by atoms with Crippen LogP contribution in [-0.4, -0.2) is 25.3 Å². The Hall–Kier alpha value is -3.12. The molecule has 3 rings (SSSR count). The molecular weight excluding hydrogens is 444 g/mol. The van der Waals surface area contributed by atoms with E-state index < -0.39 is 0 Å². The summed E-state index contributed by atoms with van der Waals surface area (Å²) in [4.78, 5) is 12.2. The SMILES string of the molecule is CC/C(=N\NC(=O)COc1ccc(OC)cc1Br)c1ccc(-c2ccccc2)cc1. The average molecular weight is 467 g/mol. The van der Waals surface area contributed by atoms with Gasteiger partial charge in [0.1, 0.15) is 11.5 Å². The van der Waals surface area contributed by atoms with Gasteiger partial charge < -0.3 is 9.47 Å². The molecule has 6 heteroatoms. The van der Waals surface area contributed by atoms with Crippen LogP contribution in [0.15, 0.2) is 82.4 Å². The first-order chi connectivity index (χ1) is 14.6. The number of benzene rings is 3. The van der Waals surface area contributed by atoms with Crippen LogP contribution in [0.25, 0.3) is 11.1 Å². The van der Waals surface area contributed by atoms with Gasteiger partial charge in [0.2, 0.25) is 0 Å². The van der Waals surface area contributed by atoms with Crippen LogP contribution in [0.1, 0.15) is 18.9 Å². The van der Waals surface area contributed by atoms with Crippen molar-refractivity contribution in [3.05, 3.63) is 82.8 Å². The fraction of sp³-hybridized carbons (Fsp3) is 0.167. The maximum Gasteiger partial charge on any atom is 0.277 e. The van der Waals surface area contributed by atoms with Gasteiger partial charge in [-0.1, -0.05) is 61.5 Å². The van der Waals surface area contributed by atoms with Crippen molar-refractivity contribution in [2.45, 2.75) is 13.3 Å². The summed E-state index contributed by atoms with van der Waals surface area (Å²) in [7, 11) is 1.59. The number of carbonyl (C=O) groups is 1. The molecule has 1 amide bonds. The van der Waals surface area contributed by atoms with Gasteiger partial charge in [-0.05, 0) is 57.2 Å². The van der Waals surface area contributed by atoms with Gasteiger partial charge in [-0.15, -0.1) is 0 Å². The van der Waals surface area contributed by atoms with Crippen molar-refractivity contribution in [2.75, 3.05) is 13.7 Å². The summed E-state index contributed by atoms with van der Waals surface area (Å²) in [5, 5.41) is 4.28. The molecule has 0 radical (unpaired) electrons. The second-order valence-electron chi connectivity index (χ2n) is 6.48. The van der Waals surface area contributed by atoms with E-state index in [0.717, 1.165) is 22.4 Å². The fourth-order valence-electron chi connectivity index (χ4n) is 2.86. The van der Waals surface area contributed by atoms with Crippen molar-refractivity contribution >= 4 is 27.5 Å². The topological polar surface area (TPSA) is 59.9 Å². The van der Waals surface area contributed by atoms with Gasteiger partial charge in [0.15, 0.2) is 6.61 Å². The van der Waals surface area contributed by atoms with Crippen LogP contribution in [0, 0.1) is 0 Å². The molecule has 0 aromatic heterocycles. The van der Waals surface area contributed by atoms with E-state index in [4.69, 9.17) is 9.47 Å². The standard InChI is InChI=1S/C24H23BrN2O3/c1-3-22(19-11-9-18(10-12-19)17-7-5-4-6-8-17)26-27-24(28)16-30-23-14-13-20(29-2)15-21(23)25/h4-15H,3,16H2,1-2H3,(H,27,28)/b26-22+. The Bertz CT molecular complexity index is 1020. The molecule has 154 valence electrons. The Morgan fingerprint density at radius 1 is 1.00 bits per heavy atom. The Morgan fingerprint density at radius 2 is 1.70 bits per heavy atom. The van der Waals surface area contributed by atoms with Gasteiger partial charge in [0.05, 0.1) is 17.3 Å². The highest BCUT2D eigenvalue weighted by Gasteiger charge is 2.08. The first kappa shape index (κ1) is 21.6. The van der Waals surface area contributed by atoms with E-state index in [9.17, 15) is 4.79 Å². The molecule has 5 nitrogen and oxygen atoms in total. The lowest BCUT2D eigenvalue weighted by Crippen LogP contribution is -2.26. The lowest BCUT2D eigenvalue weighted by Gasteiger charge is -2.10. The number of amides is 1. The molecule has 1 N–H and O–H groups in total. The third kappa shape index (κ3) is 5.70. The number of hydrogen-bond acceptors (Lipinski definition) is 4. The molecule has 0 aliphatic carbocycles. The van der Waals surface area contributed by atoms with Crippen molar-refractivity contribution in [1.82, 2.24) is 5.43 Å². The summed E-state index contributed by atoms with van der Waals surface area (Å²) >= 11 is 3.40. The van der Waals surface area contributed by atoms with E-state index in [1.807, 2.05) is 37.3 Å². The molecule has 3 aromatic carbocycles. The summed E-state index contributed by atoms with van der Waals surface area (Å²) in [6, 6.07) is 23.6.